The number of hydrogen-bond acceptors (Lipinski definition) is 1. The Labute approximate surface area is 166 Å². The highest BCUT2D eigenvalue weighted by molar-refractivity contribution is 5.85. The van der Waals surface area contributed by atoms with Crippen LogP contribution in [0.1, 0.15) is 81.8 Å². The van der Waals surface area contributed by atoms with Crippen molar-refractivity contribution in [1.82, 2.24) is 0 Å². The average molecular weight is 382 g/mol. The zero-order valence-corrected chi connectivity index (χ0v) is 16.7. The summed E-state index contributed by atoms with van der Waals surface area (Å²) in [5.41, 5.74) is 0.711. The first-order valence-electron chi connectivity index (χ1n) is 10.9. The van der Waals surface area contributed by atoms with Gasteiger partial charge in [-0.05, 0) is 72.8 Å². The molecule has 2 fully saturated rings. The molecule has 0 heterocycles. The van der Waals surface area contributed by atoms with Gasteiger partial charge in [0.25, 0.3) is 0 Å². The molecule has 4 unspecified atom stereocenters. The van der Waals surface area contributed by atoms with Gasteiger partial charge < -0.3 is 0 Å². The van der Waals surface area contributed by atoms with Gasteiger partial charge in [-0.15, -0.1) is 0 Å². The number of hydrogen-bond donors (Lipinski definition) is 0. The lowest BCUT2D eigenvalue weighted by Gasteiger charge is -2.42. The van der Waals surface area contributed by atoms with E-state index in [9.17, 15) is 8.78 Å². The number of nitrogens with zero attached hydrogens (tertiary/aromatic N) is 1. The van der Waals surface area contributed by atoms with E-state index >= 15 is 0 Å². The smallest absolute Gasteiger partial charge is 0.151 e. The molecule has 0 aliphatic heterocycles. The van der Waals surface area contributed by atoms with Gasteiger partial charge in [-0.2, -0.15) is 5.26 Å². The predicted molar refractivity (Wildman–Crippen MR) is 109 cm³/mol. The number of benzene rings is 2. The van der Waals surface area contributed by atoms with Gasteiger partial charge in [0.05, 0.1) is 0 Å². The highest BCUT2D eigenvalue weighted by Crippen LogP contribution is 2.48. The van der Waals surface area contributed by atoms with Crippen LogP contribution in [0.2, 0.25) is 0 Å². The topological polar surface area (TPSA) is 23.8 Å². The summed E-state index contributed by atoms with van der Waals surface area (Å²) >= 11 is 0. The third kappa shape index (κ3) is 3.66. The summed E-state index contributed by atoms with van der Waals surface area (Å²) in [4.78, 5) is 0. The van der Waals surface area contributed by atoms with Crippen LogP contribution >= 0.6 is 0 Å². The summed E-state index contributed by atoms with van der Waals surface area (Å²) in [5.74, 6) is 1.59. The van der Waals surface area contributed by atoms with E-state index in [4.69, 9.17) is 5.26 Å². The van der Waals surface area contributed by atoms with Crippen molar-refractivity contribution in [1.29, 1.82) is 5.26 Å². The fourth-order valence-electron chi connectivity index (χ4n) is 5.75. The number of fused-ring (bicyclic) bond motifs is 2. The molecule has 0 saturated heterocycles. The average Bonchev–Trinajstić information content (AvgIpc) is 2.71. The Bertz CT molecular complexity index is 898. The molecule has 2 aromatic rings. The third-order valence-electron chi connectivity index (χ3n) is 7.32. The van der Waals surface area contributed by atoms with E-state index in [0.29, 0.717) is 16.7 Å². The van der Waals surface area contributed by atoms with E-state index < -0.39 is 17.2 Å². The highest BCUT2D eigenvalue weighted by atomic mass is 19.1. The molecule has 0 amide bonds. The van der Waals surface area contributed by atoms with Gasteiger partial charge in [0.2, 0.25) is 0 Å². The minimum absolute atomic E-state index is 0.340. The van der Waals surface area contributed by atoms with E-state index in [1.54, 1.807) is 12.1 Å². The Morgan fingerprint density at radius 1 is 1.04 bits per heavy atom. The molecule has 2 aromatic carbocycles. The molecule has 28 heavy (non-hydrogen) atoms. The van der Waals surface area contributed by atoms with E-state index in [-0.39, 0.29) is 0 Å². The van der Waals surface area contributed by atoms with Crippen LogP contribution in [-0.4, -0.2) is 0 Å². The fraction of sp³-hybridized carbons (Fsp3) is 0.560. The quantitative estimate of drug-likeness (QED) is 0.538. The number of nitriles is 1. The normalized spacial score (nSPS) is 27.4. The number of unbranched alkanes of at least 4 members (excludes halogenated alkanes) is 1. The van der Waals surface area contributed by atoms with Gasteiger partial charge in [0, 0.05) is 5.39 Å². The Balaban J connectivity index is 1.50. The van der Waals surface area contributed by atoms with Gasteiger partial charge >= 0.3 is 0 Å². The second-order valence-corrected chi connectivity index (χ2v) is 8.99. The van der Waals surface area contributed by atoms with Crippen molar-refractivity contribution < 1.29 is 8.78 Å². The molecular formula is C25H29F2N. The summed E-state index contributed by atoms with van der Waals surface area (Å²) in [6.45, 7) is 2.28. The predicted octanol–water partition coefficient (Wildman–Crippen LogP) is 7.48. The molecule has 1 nitrogen and oxygen atoms in total. The first-order chi connectivity index (χ1) is 13.6. The maximum Gasteiger partial charge on any atom is 0.151 e. The monoisotopic (exact) mass is 381 g/mol. The standard InChI is InChI=1S/C25H29F2N/c1-2-3-4-16-5-6-18-12-19(8-7-17(18)11-16)20-9-10-22-21(13-20)14-24(26)23(15-28)25(22)27/h9-10,13-14,16-19H,2-8,11-12H2,1H3. The molecule has 148 valence electrons. The molecular weight excluding hydrogens is 352 g/mol. The molecule has 0 N–H and O–H groups in total. The Morgan fingerprint density at radius 2 is 1.82 bits per heavy atom. The minimum Gasteiger partial charge on any atom is -0.205 e. The molecule has 2 aliphatic rings. The van der Waals surface area contributed by atoms with Crippen molar-refractivity contribution >= 4 is 10.8 Å². The van der Waals surface area contributed by atoms with Gasteiger partial charge in [-0.3, -0.25) is 0 Å². The van der Waals surface area contributed by atoms with Crippen molar-refractivity contribution in [2.24, 2.45) is 17.8 Å². The van der Waals surface area contributed by atoms with E-state index in [1.807, 2.05) is 12.1 Å². The number of rotatable bonds is 4. The summed E-state index contributed by atoms with van der Waals surface area (Å²) in [5, 5.41) is 9.87. The Kier molecular flexibility index (Phi) is 5.67. The van der Waals surface area contributed by atoms with Crippen LogP contribution in [0, 0.1) is 40.7 Å². The van der Waals surface area contributed by atoms with Crippen molar-refractivity contribution in [2.75, 3.05) is 0 Å². The summed E-state index contributed by atoms with van der Waals surface area (Å²) < 4.78 is 28.4. The molecule has 2 saturated carbocycles. The highest BCUT2D eigenvalue weighted by Gasteiger charge is 2.35. The van der Waals surface area contributed by atoms with E-state index in [2.05, 4.69) is 6.92 Å². The molecule has 4 atom stereocenters. The second-order valence-electron chi connectivity index (χ2n) is 8.99. The van der Waals surface area contributed by atoms with Crippen LogP contribution in [0.4, 0.5) is 8.78 Å². The first kappa shape index (κ1) is 19.4. The molecule has 0 radical (unpaired) electrons. The molecule has 0 spiro atoms. The van der Waals surface area contributed by atoms with E-state index in [1.165, 1.54) is 69.4 Å². The summed E-state index contributed by atoms with van der Waals surface area (Å²) in [7, 11) is 0. The second kappa shape index (κ2) is 8.19. The summed E-state index contributed by atoms with van der Waals surface area (Å²) in [6.07, 6.45) is 11.8. The zero-order valence-electron chi connectivity index (χ0n) is 16.7. The van der Waals surface area contributed by atoms with Crippen molar-refractivity contribution in [2.45, 2.75) is 70.6 Å². The largest absolute Gasteiger partial charge is 0.205 e. The van der Waals surface area contributed by atoms with Crippen LogP contribution in [0.25, 0.3) is 10.8 Å². The number of halogens is 2. The molecule has 2 aliphatic carbocycles. The van der Waals surface area contributed by atoms with Gasteiger partial charge in [0.1, 0.15) is 17.4 Å². The van der Waals surface area contributed by atoms with Crippen LogP contribution in [0.3, 0.4) is 0 Å². The molecule has 0 bridgehead atoms. The van der Waals surface area contributed by atoms with E-state index in [0.717, 1.165) is 17.8 Å². The van der Waals surface area contributed by atoms with Gasteiger partial charge in [-0.25, -0.2) is 8.78 Å². The van der Waals surface area contributed by atoms with Crippen LogP contribution < -0.4 is 0 Å². The van der Waals surface area contributed by atoms with Crippen molar-refractivity contribution in [3.63, 3.8) is 0 Å². The Hall–Kier alpha value is -1.95. The van der Waals surface area contributed by atoms with Gasteiger partial charge in [0.15, 0.2) is 5.82 Å². The van der Waals surface area contributed by atoms with Gasteiger partial charge in [-0.1, -0.05) is 50.8 Å². The maximum absolute atomic E-state index is 14.4. The Morgan fingerprint density at radius 3 is 2.61 bits per heavy atom. The lowest BCUT2D eigenvalue weighted by atomic mass is 9.63. The third-order valence-corrected chi connectivity index (χ3v) is 7.32. The van der Waals surface area contributed by atoms with Crippen molar-refractivity contribution in [3.05, 3.63) is 47.0 Å². The van der Waals surface area contributed by atoms with Crippen LogP contribution in [-0.2, 0) is 0 Å². The SMILES string of the molecule is CCCCC1CCC2CC(c3ccc4c(F)c(C#N)c(F)cc4c3)CCC2C1. The zero-order chi connectivity index (χ0) is 19.7. The maximum atomic E-state index is 14.4. The first-order valence-corrected chi connectivity index (χ1v) is 10.9. The lowest BCUT2D eigenvalue weighted by Crippen LogP contribution is -2.30. The van der Waals surface area contributed by atoms with Crippen molar-refractivity contribution in [3.8, 4) is 6.07 Å². The van der Waals surface area contributed by atoms with Crippen LogP contribution in [0.15, 0.2) is 24.3 Å². The molecule has 4 rings (SSSR count). The lowest BCUT2D eigenvalue weighted by molar-refractivity contribution is 0.113. The summed E-state index contributed by atoms with van der Waals surface area (Å²) in [6, 6.07) is 8.61. The molecule has 0 aromatic heterocycles. The molecule has 3 heteroatoms. The fourth-order valence-corrected chi connectivity index (χ4v) is 5.75. The van der Waals surface area contributed by atoms with Crippen LogP contribution in [0.5, 0.6) is 0 Å². The minimum atomic E-state index is -0.765.